The monoisotopic (exact) mass is 278 g/mol. The molecular weight excluding hydrogens is 252 g/mol. The van der Waals surface area contributed by atoms with Crippen molar-refractivity contribution in [2.75, 3.05) is 33.0 Å². The molecule has 1 rings (SSSR count). The lowest BCUT2D eigenvalue weighted by Gasteiger charge is -2.28. The molecule has 0 aliphatic carbocycles. The summed E-state index contributed by atoms with van der Waals surface area (Å²) in [5, 5.41) is 0. The van der Waals surface area contributed by atoms with Gasteiger partial charge in [-0.05, 0) is 26.7 Å². The van der Waals surface area contributed by atoms with E-state index in [0.29, 0.717) is 19.8 Å². The molecule has 0 amide bonds. The lowest BCUT2D eigenvalue weighted by Crippen LogP contribution is -2.47. The largest absolute Gasteiger partial charge is 0.503 e. The van der Waals surface area contributed by atoms with E-state index in [1.165, 1.54) is 0 Å². The minimum Gasteiger partial charge on any atom is -0.381 e. The zero-order chi connectivity index (χ0) is 13.3. The molecule has 18 heavy (non-hydrogen) atoms. The minimum absolute atomic E-state index is 0.119. The first-order valence-electron chi connectivity index (χ1n) is 6.91. The summed E-state index contributed by atoms with van der Waals surface area (Å²) in [7, 11) is -2.56. The molecule has 0 aromatic carbocycles. The van der Waals surface area contributed by atoms with Gasteiger partial charge in [-0.3, -0.25) is 0 Å². The van der Waals surface area contributed by atoms with E-state index >= 15 is 0 Å². The maximum absolute atomic E-state index is 5.85. The first-order valence-corrected chi connectivity index (χ1v) is 8.84. The smallest absolute Gasteiger partial charge is 0.381 e. The summed E-state index contributed by atoms with van der Waals surface area (Å²) in [5.74, 6) is 0. The molecule has 1 heterocycles. The maximum atomic E-state index is 5.85. The molecule has 1 saturated heterocycles. The molecule has 1 fully saturated rings. The van der Waals surface area contributed by atoms with Crippen LogP contribution >= 0.6 is 0 Å². The molecule has 6 heteroatoms. The van der Waals surface area contributed by atoms with E-state index in [4.69, 9.17) is 22.8 Å². The van der Waals surface area contributed by atoms with Crippen molar-refractivity contribution < 1.29 is 22.8 Å². The van der Waals surface area contributed by atoms with Crippen LogP contribution in [0.1, 0.15) is 33.6 Å². The van der Waals surface area contributed by atoms with Crippen LogP contribution in [-0.4, -0.2) is 48.1 Å². The van der Waals surface area contributed by atoms with Crippen molar-refractivity contribution in [3.05, 3.63) is 0 Å². The first-order chi connectivity index (χ1) is 8.76. The predicted octanol–water partition coefficient (Wildman–Crippen LogP) is 2.19. The number of hydrogen-bond acceptors (Lipinski definition) is 5. The highest BCUT2D eigenvalue weighted by molar-refractivity contribution is 6.60. The normalized spacial score (nSPS) is 19.2. The molecule has 1 unspecified atom stereocenters. The SMILES string of the molecule is CCCOCCC[Si](OCC)(OCC)OC1CO1. The summed E-state index contributed by atoms with van der Waals surface area (Å²) in [6.07, 6.45) is 1.83. The molecule has 0 spiro atoms. The lowest BCUT2D eigenvalue weighted by molar-refractivity contribution is 0.0285. The van der Waals surface area contributed by atoms with Crippen LogP contribution in [-0.2, 0) is 22.8 Å². The lowest BCUT2D eigenvalue weighted by atomic mass is 10.5. The van der Waals surface area contributed by atoms with Crippen LogP contribution in [0.15, 0.2) is 0 Å². The molecule has 5 nitrogen and oxygen atoms in total. The van der Waals surface area contributed by atoms with Crippen LogP contribution in [0.3, 0.4) is 0 Å². The summed E-state index contributed by atoms with van der Waals surface area (Å²) < 4.78 is 28.0. The Bertz CT molecular complexity index is 205. The molecule has 0 N–H and O–H groups in total. The third kappa shape index (κ3) is 6.26. The Morgan fingerprint density at radius 2 is 1.78 bits per heavy atom. The van der Waals surface area contributed by atoms with Gasteiger partial charge in [0.25, 0.3) is 0 Å². The van der Waals surface area contributed by atoms with Gasteiger partial charge in [0.15, 0.2) is 6.29 Å². The predicted molar refractivity (Wildman–Crippen MR) is 70.4 cm³/mol. The average molecular weight is 278 g/mol. The van der Waals surface area contributed by atoms with Gasteiger partial charge in [0.1, 0.15) is 6.61 Å². The van der Waals surface area contributed by atoms with Gasteiger partial charge in [0.05, 0.1) is 0 Å². The van der Waals surface area contributed by atoms with Crippen molar-refractivity contribution in [1.29, 1.82) is 0 Å². The Kier molecular flexibility index (Phi) is 8.04. The highest BCUT2D eigenvalue weighted by Crippen LogP contribution is 2.24. The quantitative estimate of drug-likeness (QED) is 0.311. The van der Waals surface area contributed by atoms with Crippen molar-refractivity contribution in [2.45, 2.75) is 45.9 Å². The van der Waals surface area contributed by atoms with Crippen LogP contribution in [0.2, 0.25) is 6.04 Å². The van der Waals surface area contributed by atoms with Crippen LogP contribution in [0, 0.1) is 0 Å². The molecule has 0 aromatic rings. The summed E-state index contributed by atoms with van der Waals surface area (Å²) in [6.45, 7) is 9.44. The summed E-state index contributed by atoms with van der Waals surface area (Å²) in [4.78, 5) is 0. The highest BCUT2D eigenvalue weighted by atomic mass is 28.4. The summed E-state index contributed by atoms with van der Waals surface area (Å²) >= 11 is 0. The van der Waals surface area contributed by atoms with E-state index in [2.05, 4.69) is 6.92 Å². The Morgan fingerprint density at radius 1 is 1.11 bits per heavy atom. The molecule has 1 aliphatic heterocycles. The van der Waals surface area contributed by atoms with Gasteiger partial charge < -0.3 is 22.8 Å². The van der Waals surface area contributed by atoms with E-state index < -0.39 is 8.80 Å². The number of ether oxygens (including phenoxy) is 2. The van der Waals surface area contributed by atoms with Crippen LogP contribution < -0.4 is 0 Å². The number of epoxide rings is 1. The topological polar surface area (TPSA) is 49.5 Å². The molecule has 1 atom stereocenters. The van der Waals surface area contributed by atoms with E-state index in [9.17, 15) is 0 Å². The third-order valence-electron chi connectivity index (χ3n) is 2.46. The molecule has 108 valence electrons. The standard InChI is InChI=1S/C12H26O5Si/c1-4-8-13-9-7-10-18(15-5-2,16-6-3)17-12-11-14-12/h12H,4-11H2,1-3H3. The molecule has 0 radical (unpaired) electrons. The Hall–Kier alpha value is 0.0169. The van der Waals surface area contributed by atoms with Gasteiger partial charge in [-0.15, -0.1) is 0 Å². The van der Waals surface area contributed by atoms with E-state index in [0.717, 1.165) is 32.1 Å². The van der Waals surface area contributed by atoms with Gasteiger partial charge in [0.2, 0.25) is 0 Å². The first kappa shape index (κ1) is 16.1. The second-order valence-electron chi connectivity index (χ2n) is 4.15. The second kappa shape index (κ2) is 9.01. The molecule has 1 aliphatic rings. The second-order valence-corrected chi connectivity index (χ2v) is 6.82. The Labute approximate surface area is 111 Å². The van der Waals surface area contributed by atoms with E-state index in [1.54, 1.807) is 0 Å². The number of hydrogen-bond donors (Lipinski definition) is 0. The van der Waals surface area contributed by atoms with E-state index in [1.807, 2.05) is 13.8 Å². The highest BCUT2D eigenvalue weighted by Gasteiger charge is 2.45. The van der Waals surface area contributed by atoms with E-state index in [-0.39, 0.29) is 6.29 Å². The van der Waals surface area contributed by atoms with Crippen molar-refractivity contribution in [2.24, 2.45) is 0 Å². The Balaban J connectivity index is 2.34. The summed E-state index contributed by atoms with van der Waals surface area (Å²) in [5.41, 5.74) is 0. The van der Waals surface area contributed by atoms with Crippen LogP contribution in [0.4, 0.5) is 0 Å². The fraction of sp³-hybridized carbons (Fsp3) is 1.00. The minimum atomic E-state index is -2.56. The van der Waals surface area contributed by atoms with Crippen molar-refractivity contribution in [3.8, 4) is 0 Å². The molecule has 0 bridgehead atoms. The van der Waals surface area contributed by atoms with Crippen molar-refractivity contribution in [3.63, 3.8) is 0 Å². The van der Waals surface area contributed by atoms with Gasteiger partial charge in [-0.1, -0.05) is 6.92 Å². The fourth-order valence-electron chi connectivity index (χ4n) is 1.70. The van der Waals surface area contributed by atoms with Gasteiger partial charge in [-0.25, -0.2) is 0 Å². The molecule has 0 saturated carbocycles. The van der Waals surface area contributed by atoms with Crippen molar-refractivity contribution in [1.82, 2.24) is 0 Å². The zero-order valence-electron chi connectivity index (χ0n) is 11.8. The Morgan fingerprint density at radius 3 is 2.28 bits per heavy atom. The van der Waals surface area contributed by atoms with Gasteiger partial charge >= 0.3 is 8.80 Å². The zero-order valence-corrected chi connectivity index (χ0v) is 12.8. The average Bonchev–Trinajstić information content (AvgIpc) is 3.13. The van der Waals surface area contributed by atoms with Crippen molar-refractivity contribution >= 4 is 8.80 Å². The van der Waals surface area contributed by atoms with Gasteiger partial charge in [0, 0.05) is 32.5 Å². The van der Waals surface area contributed by atoms with Gasteiger partial charge in [-0.2, -0.15) is 0 Å². The third-order valence-corrected chi connectivity index (χ3v) is 5.51. The molecule has 0 aromatic heterocycles. The van der Waals surface area contributed by atoms with Crippen LogP contribution in [0.25, 0.3) is 0 Å². The van der Waals surface area contributed by atoms with Crippen LogP contribution in [0.5, 0.6) is 0 Å². The fourth-order valence-corrected chi connectivity index (χ4v) is 4.32. The summed E-state index contributed by atoms with van der Waals surface area (Å²) in [6, 6.07) is 0.790. The number of rotatable bonds is 12. The maximum Gasteiger partial charge on any atom is 0.503 e. The molecular formula is C12H26O5Si.